The third kappa shape index (κ3) is 7.48. The predicted octanol–water partition coefficient (Wildman–Crippen LogP) is 3.28. The average Bonchev–Trinajstić information content (AvgIpc) is 3.33. The quantitative estimate of drug-likeness (QED) is 0.142. The highest BCUT2D eigenvalue weighted by molar-refractivity contribution is 6.09. The molecule has 4 atom stereocenters. The largest absolute Gasteiger partial charge is 0.441 e. The number of carbonyl (C=O) groups excluding carboxylic acids is 6. The van der Waals surface area contributed by atoms with E-state index in [1.165, 1.54) is 39.5 Å². The summed E-state index contributed by atoms with van der Waals surface area (Å²) in [6, 6.07) is 21.0. The minimum Gasteiger partial charge on any atom is -0.441 e. The van der Waals surface area contributed by atoms with Crippen LogP contribution in [0.1, 0.15) is 56.7 Å². The summed E-state index contributed by atoms with van der Waals surface area (Å²) >= 11 is 0. The topological polar surface area (TPSA) is 174 Å². The smallest absolute Gasteiger partial charge is 0.304 e. The molecule has 282 valence electrons. The van der Waals surface area contributed by atoms with Crippen LogP contribution in [0, 0.1) is 5.92 Å². The van der Waals surface area contributed by atoms with Gasteiger partial charge in [-0.2, -0.15) is 0 Å². The fraction of sp³-hybridized carbons (Fsp3) is 0.350. The van der Waals surface area contributed by atoms with E-state index in [9.17, 15) is 39.0 Å². The molecule has 2 N–H and O–H groups in total. The summed E-state index contributed by atoms with van der Waals surface area (Å²) < 4.78 is 10.6. The van der Waals surface area contributed by atoms with Gasteiger partial charge >= 0.3 is 11.9 Å². The van der Waals surface area contributed by atoms with Gasteiger partial charge in [0.05, 0.1) is 31.7 Å². The van der Waals surface area contributed by atoms with Crippen molar-refractivity contribution in [1.82, 2.24) is 4.90 Å². The molecular formula is C40H42N4O10. The molecule has 0 bridgehead atoms. The molecule has 2 saturated heterocycles. The fourth-order valence-electron chi connectivity index (χ4n) is 7.05. The van der Waals surface area contributed by atoms with Crippen LogP contribution in [0.2, 0.25) is 0 Å². The van der Waals surface area contributed by atoms with Crippen LogP contribution in [-0.2, 0) is 56.9 Å². The zero-order valence-corrected chi connectivity index (χ0v) is 30.2. The highest BCUT2D eigenvalue weighted by Crippen LogP contribution is 2.48. The first-order valence-electron chi connectivity index (χ1n) is 17.7. The molecular weight excluding hydrogens is 696 g/mol. The Labute approximate surface area is 312 Å². The van der Waals surface area contributed by atoms with Gasteiger partial charge in [-0.25, -0.2) is 0 Å². The molecule has 3 aromatic carbocycles. The van der Waals surface area contributed by atoms with Gasteiger partial charge in [0.2, 0.25) is 17.7 Å². The SMILES string of the molecule is CC(=O)OC1CC(=O)N1c1cccc(CN2C(=O)[C@@](O)([C@@H](C)/C=C/CC(=O)N(CCO)Cc3ccccc3)c3cc(N4C(=O)CC4OC(C)=O)ccc32)c1. The van der Waals surface area contributed by atoms with Crippen molar-refractivity contribution in [2.75, 3.05) is 27.9 Å². The van der Waals surface area contributed by atoms with Crippen molar-refractivity contribution in [3.05, 3.63) is 102 Å². The van der Waals surface area contributed by atoms with Crippen LogP contribution in [0.3, 0.4) is 0 Å². The lowest BCUT2D eigenvalue weighted by atomic mass is 9.82. The number of β-lactam (4-membered cyclic amide) rings is 2. The van der Waals surface area contributed by atoms with Crippen LogP contribution < -0.4 is 14.7 Å². The third-order valence-corrected chi connectivity index (χ3v) is 9.79. The number of ether oxygens (including phenoxy) is 2. The Bertz CT molecular complexity index is 2000. The molecule has 3 heterocycles. The molecule has 3 aromatic rings. The molecule has 0 radical (unpaired) electrons. The number of aliphatic hydroxyl groups is 2. The predicted molar refractivity (Wildman–Crippen MR) is 195 cm³/mol. The molecule has 6 rings (SSSR count). The third-order valence-electron chi connectivity index (χ3n) is 9.79. The van der Waals surface area contributed by atoms with E-state index >= 15 is 0 Å². The maximum absolute atomic E-state index is 14.4. The molecule has 54 heavy (non-hydrogen) atoms. The van der Waals surface area contributed by atoms with Crippen molar-refractivity contribution in [3.63, 3.8) is 0 Å². The highest BCUT2D eigenvalue weighted by atomic mass is 16.6. The van der Waals surface area contributed by atoms with E-state index in [1.807, 2.05) is 30.3 Å². The molecule has 2 fully saturated rings. The van der Waals surface area contributed by atoms with Crippen LogP contribution >= 0.6 is 0 Å². The van der Waals surface area contributed by atoms with Gasteiger partial charge in [0, 0.05) is 56.2 Å². The Balaban J connectivity index is 1.28. The molecule has 14 heteroatoms. The number of fused-ring (bicyclic) bond motifs is 1. The second kappa shape index (κ2) is 15.6. The van der Waals surface area contributed by atoms with Gasteiger partial charge in [-0.05, 0) is 41.5 Å². The molecule has 0 aromatic heterocycles. The van der Waals surface area contributed by atoms with Crippen LogP contribution in [0.25, 0.3) is 0 Å². The number of nitrogens with zero attached hydrogens (tertiary/aromatic N) is 4. The molecule has 0 saturated carbocycles. The van der Waals surface area contributed by atoms with Crippen LogP contribution in [0.15, 0.2) is 84.9 Å². The second-order valence-corrected chi connectivity index (χ2v) is 13.5. The van der Waals surface area contributed by atoms with Crippen LogP contribution in [0.4, 0.5) is 17.1 Å². The number of benzene rings is 3. The van der Waals surface area contributed by atoms with Gasteiger partial charge in [0.25, 0.3) is 5.91 Å². The number of carbonyl (C=O) groups is 6. The van der Waals surface area contributed by atoms with Crippen molar-refractivity contribution in [1.29, 1.82) is 0 Å². The van der Waals surface area contributed by atoms with Crippen molar-refractivity contribution in [2.24, 2.45) is 5.92 Å². The molecule has 3 aliphatic heterocycles. The van der Waals surface area contributed by atoms with Gasteiger partial charge in [-0.3, -0.25) is 38.6 Å². The minimum atomic E-state index is -2.14. The number of hydrogen-bond acceptors (Lipinski definition) is 10. The minimum absolute atomic E-state index is 0.00902. The summed E-state index contributed by atoms with van der Waals surface area (Å²) in [6.07, 6.45) is 1.60. The summed E-state index contributed by atoms with van der Waals surface area (Å²) in [7, 11) is 0. The molecule has 0 aliphatic carbocycles. The molecule has 4 amide bonds. The zero-order chi connectivity index (χ0) is 38.7. The van der Waals surface area contributed by atoms with Gasteiger partial charge in [-0.15, -0.1) is 0 Å². The average molecular weight is 739 g/mol. The zero-order valence-electron chi connectivity index (χ0n) is 30.2. The van der Waals surface area contributed by atoms with E-state index in [-0.39, 0.29) is 62.2 Å². The number of amides is 4. The lowest BCUT2D eigenvalue weighted by molar-refractivity contribution is -0.155. The van der Waals surface area contributed by atoms with E-state index in [4.69, 9.17) is 9.47 Å². The summed E-state index contributed by atoms with van der Waals surface area (Å²) in [5.41, 5.74) is 0.762. The summed E-state index contributed by atoms with van der Waals surface area (Å²) in [6.45, 7) is 4.36. The first-order valence-corrected chi connectivity index (χ1v) is 17.7. The normalized spacial score (nSPS) is 21.1. The monoisotopic (exact) mass is 738 g/mol. The fourth-order valence-corrected chi connectivity index (χ4v) is 7.05. The van der Waals surface area contributed by atoms with Gasteiger partial charge in [0.1, 0.15) is 0 Å². The van der Waals surface area contributed by atoms with Gasteiger partial charge in [-0.1, -0.05) is 61.5 Å². The lowest BCUT2D eigenvalue weighted by Crippen LogP contribution is -2.55. The summed E-state index contributed by atoms with van der Waals surface area (Å²) in [5, 5.41) is 22.0. The van der Waals surface area contributed by atoms with Gasteiger partial charge in [0.15, 0.2) is 18.1 Å². The van der Waals surface area contributed by atoms with Crippen molar-refractivity contribution < 1.29 is 48.5 Å². The first-order chi connectivity index (χ1) is 25.8. The number of rotatable bonds is 14. The Morgan fingerprint density at radius 2 is 1.48 bits per heavy atom. The second-order valence-electron chi connectivity index (χ2n) is 13.5. The lowest BCUT2D eigenvalue weighted by Gasteiger charge is -2.39. The Morgan fingerprint density at radius 1 is 0.870 bits per heavy atom. The first kappa shape index (κ1) is 37.9. The van der Waals surface area contributed by atoms with E-state index in [0.29, 0.717) is 29.2 Å². The number of esters is 2. The standard InChI is InChI=1S/C40H42N4O10/c1-25(9-7-14-34(48)41(17-18-45)23-28-10-5-4-6-11-28)40(52)32-20-31(44-36(50)22-38(44)54-27(3)47)15-16-33(32)42(39(40)51)24-29-12-8-13-30(19-29)43-35(49)21-37(43)53-26(2)46/h4-13,15-16,19-20,25,37-38,45,52H,14,17-18,21-24H2,1-3H3/b9-7+/t25-,37?,38?,40+/m0/s1. The Morgan fingerprint density at radius 3 is 2.07 bits per heavy atom. The Kier molecular flexibility index (Phi) is 11.0. The van der Waals surface area contributed by atoms with Crippen molar-refractivity contribution in [2.45, 2.75) is 71.2 Å². The van der Waals surface area contributed by atoms with E-state index in [0.717, 1.165) is 5.56 Å². The molecule has 14 nitrogen and oxygen atoms in total. The van der Waals surface area contributed by atoms with Crippen molar-refractivity contribution >= 4 is 52.6 Å². The molecule has 2 unspecified atom stereocenters. The summed E-state index contributed by atoms with van der Waals surface area (Å²) in [4.78, 5) is 81.8. The highest BCUT2D eigenvalue weighted by Gasteiger charge is 2.53. The van der Waals surface area contributed by atoms with Gasteiger partial charge < -0.3 is 29.5 Å². The maximum Gasteiger partial charge on any atom is 0.304 e. The molecule has 0 spiro atoms. The van der Waals surface area contributed by atoms with Crippen molar-refractivity contribution in [3.8, 4) is 0 Å². The van der Waals surface area contributed by atoms with Crippen LogP contribution in [0.5, 0.6) is 0 Å². The Hall–Kier alpha value is -5.86. The maximum atomic E-state index is 14.4. The number of anilines is 3. The number of aliphatic hydroxyl groups excluding tert-OH is 1. The van der Waals surface area contributed by atoms with E-state index in [2.05, 4.69) is 0 Å². The molecule has 3 aliphatic rings. The van der Waals surface area contributed by atoms with E-state index in [1.54, 1.807) is 55.5 Å². The number of hydrogen-bond donors (Lipinski definition) is 2. The van der Waals surface area contributed by atoms with Crippen LogP contribution in [-0.4, -0.2) is 76.3 Å². The summed E-state index contributed by atoms with van der Waals surface area (Å²) in [5.74, 6) is -3.39. The van der Waals surface area contributed by atoms with E-state index < -0.39 is 41.8 Å².